The third-order valence-corrected chi connectivity index (χ3v) is 7.13. The number of benzene rings is 1. The van der Waals surface area contributed by atoms with Gasteiger partial charge in [0.2, 0.25) is 0 Å². The summed E-state index contributed by atoms with van der Waals surface area (Å²) in [6, 6.07) is 5.04. The first-order valence-corrected chi connectivity index (χ1v) is 9.55. The molecule has 3 aliphatic carbocycles. The topological polar surface area (TPSA) is 32.7 Å². The average molecular weight is 348 g/mol. The minimum atomic E-state index is -2.76. The Labute approximate surface area is 159 Å². The molecule has 0 aromatic heterocycles. The number of fused-ring (bicyclic) bond motifs is 1. The Morgan fingerprint density at radius 1 is 1.32 bits per heavy atom. The van der Waals surface area contributed by atoms with Gasteiger partial charge < -0.3 is 9.84 Å². The number of methoxy groups -OCH3 is 1. The Morgan fingerprint density at radius 2 is 2.20 bits per heavy atom. The number of nitrogens with zero attached hydrogens (tertiary/aromatic N) is 1. The van der Waals surface area contributed by atoms with Crippen molar-refractivity contribution in [3.63, 3.8) is 0 Å². The first-order valence-electron chi connectivity index (χ1n) is 12.6. The Bertz CT molecular complexity index is 904. The molecule has 3 fully saturated rings. The van der Waals surface area contributed by atoms with Gasteiger partial charge in [0.25, 0.3) is 0 Å². The fourth-order valence-electron chi connectivity index (χ4n) is 5.46. The van der Waals surface area contributed by atoms with Crippen molar-refractivity contribution in [2.45, 2.75) is 74.7 Å². The SMILES string of the molecule is [2H]C1([2H])C[C@@]2(O)[C@H]3Cc4ccc(OC)cc4[C@@]2(CCN3CC2CCC2)C([2H])([2H])C1([2H])[2H]. The summed E-state index contributed by atoms with van der Waals surface area (Å²) in [5, 5.41) is 12.3. The van der Waals surface area contributed by atoms with Crippen molar-refractivity contribution in [3.05, 3.63) is 29.3 Å². The van der Waals surface area contributed by atoms with Crippen molar-refractivity contribution >= 4 is 0 Å². The lowest BCUT2D eigenvalue weighted by Crippen LogP contribution is -2.72. The second-order valence-corrected chi connectivity index (χ2v) is 8.22. The number of hydrogen-bond donors (Lipinski definition) is 1. The summed E-state index contributed by atoms with van der Waals surface area (Å²) < 4.78 is 57.6. The van der Waals surface area contributed by atoms with Crippen LogP contribution in [-0.4, -0.2) is 41.8 Å². The molecule has 2 saturated carbocycles. The summed E-state index contributed by atoms with van der Waals surface area (Å²) >= 11 is 0. The molecule has 0 amide bonds. The van der Waals surface area contributed by atoms with Crippen molar-refractivity contribution in [2.24, 2.45) is 5.92 Å². The smallest absolute Gasteiger partial charge is 0.119 e. The van der Waals surface area contributed by atoms with E-state index in [2.05, 4.69) is 4.90 Å². The third-order valence-electron chi connectivity index (χ3n) is 7.13. The zero-order chi connectivity index (χ0) is 22.4. The highest BCUT2D eigenvalue weighted by molar-refractivity contribution is 5.48. The Balaban J connectivity index is 1.74. The number of piperidine rings is 1. The van der Waals surface area contributed by atoms with Gasteiger partial charge in [-0.1, -0.05) is 25.2 Å². The van der Waals surface area contributed by atoms with Gasteiger partial charge >= 0.3 is 0 Å². The maximum absolute atomic E-state index is 12.3. The van der Waals surface area contributed by atoms with Crippen molar-refractivity contribution in [1.29, 1.82) is 0 Å². The van der Waals surface area contributed by atoms with Gasteiger partial charge in [-0.2, -0.15) is 0 Å². The standard InChI is InChI=1S/C22H31NO2/c1-25-18-8-7-17-13-20-22(24)10-3-2-9-21(22,19(17)14-18)11-12-23(20)15-16-5-4-6-16/h7-8,14,16,20,24H,2-6,9-13,15H2,1H3/t20-,21+,22-/m1/s1/i2D2,3D2,9D2. The van der Waals surface area contributed by atoms with Crippen LogP contribution in [0.25, 0.3) is 0 Å². The number of aliphatic hydroxyl groups is 1. The molecule has 3 heteroatoms. The van der Waals surface area contributed by atoms with Crippen LogP contribution in [-0.2, 0) is 11.8 Å². The second-order valence-electron chi connectivity index (χ2n) is 8.22. The highest BCUT2D eigenvalue weighted by atomic mass is 16.5. The molecule has 2 bridgehead atoms. The van der Waals surface area contributed by atoms with Crippen LogP contribution in [0.15, 0.2) is 18.2 Å². The van der Waals surface area contributed by atoms with E-state index >= 15 is 0 Å². The van der Waals surface area contributed by atoms with Crippen LogP contribution >= 0.6 is 0 Å². The van der Waals surface area contributed by atoms with Crippen LogP contribution < -0.4 is 4.74 Å². The maximum Gasteiger partial charge on any atom is 0.119 e. The first-order chi connectivity index (χ1) is 14.4. The van der Waals surface area contributed by atoms with E-state index in [1.807, 2.05) is 12.1 Å². The molecule has 1 aliphatic heterocycles. The summed E-state index contributed by atoms with van der Waals surface area (Å²) in [6.45, 7) is 1.39. The van der Waals surface area contributed by atoms with E-state index in [1.165, 1.54) is 13.5 Å². The van der Waals surface area contributed by atoms with E-state index in [-0.39, 0.29) is 6.42 Å². The van der Waals surface area contributed by atoms with E-state index in [1.54, 1.807) is 6.07 Å². The molecule has 5 rings (SSSR count). The third kappa shape index (κ3) is 2.18. The minimum absolute atomic E-state index is 0.246. The summed E-state index contributed by atoms with van der Waals surface area (Å²) in [7, 11) is 1.53. The molecule has 25 heavy (non-hydrogen) atoms. The van der Waals surface area contributed by atoms with Crippen molar-refractivity contribution < 1.29 is 18.1 Å². The molecule has 1 aromatic rings. The van der Waals surface area contributed by atoms with Crippen LogP contribution in [0.5, 0.6) is 5.75 Å². The summed E-state index contributed by atoms with van der Waals surface area (Å²) in [5.74, 6) is 1.10. The zero-order valence-corrected chi connectivity index (χ0v) is 14.8. The van der Waals surface area contributed by atoms with Gasteiger partial charge in [0.15, 0.2) is 0 Å². The van der Waals surface area contributed by atoms with Gasteiger partial charge in [-0.3, -0.25) is 4.90 Å². The number of rotatable bonds is 3. The highest BCUT2D eigenvalue weighted by Gasteiger charge is 2.63. The summed E-state index contributed by atoms with van der Waals surface area (Å²) in [6.07, 6.45) is -4.02. The summed E-state index contributed by atoms with van der Waals surface area (Å²) in [5.41, 5.74) is -1.78. The largest absolute Gasteiger partial charge is 0.497 e. The molecule has 0 radical (unpaired) electrons. The number of hydrogen-bond acceptors (Lipinski definition) is 3. The molecular weight excluding hydrogens is 310 g/mol. The predicted octanol–water partition coefficient (Wildman–Crippen LogP) is 3.67. The lowest BCUT2D eigenvalue weighted by molar-refractivity contribution is -0.169. The molecule has 0 unspecified atom stereocenters. The Morgan fingerprint density at radius 3 is 2.96 bits per heavy atom. The molecule has 1 aromatic carbocycles. The Kier molecular flexibility index (Phi) is 2.50. The molecule has 1 N–H and O–H groups in total. The first kappa shape index (κ1) is 10.9. The van der Waals surface area contributed by atoms with E-state index < -0.39 is 42.6 Å². The maximum atomic E-state index is 12.3. The van der Waals surface area contributed by atoms with Gasteiger partial charge in [0.1, 0.15) is 5.75 Å². The number of ether oxygens (including phenoxy) is 1. The quantitative estimate of drug-likeness (QED) is 0.905. The van der Waals surface area contributed by atoms with Crippen LogP contribution in [0.2, 0.25) is 0 Å². The monoisotopic (exact) mass is 347 g/mol. The lowest BCUT2D eigenvalue weighted by atomic mass is 9.49. The molecule has 1 heterocycles. The van der Waals surface area contributed by atoms with Crippen molar-refractivity contribution in [2.75, 3.05) is 20.2 Å². The fraction of sp³-hybridized carbons (Fsp3) is 0.727. The molecule has 136 valence electrons. The number of likely N-dealkylation sites (tertiary alicyclic amines) is 1. The van der Waals surface area contributed by atoms with E-state index in [4.69, 9.17) is 13.0 Å². The molecule has 1 saturated heterocycles. The normalized spacial score (nSPS) is 47.4. The summed E-state index contributed by atoms with van der Waals surface area (Å²) in [4.78, 5) is 2.24. The van der Waals surface area contributed by atoms with Crippen LogP contribution in [0.3, 0.4) is 0 Å². The molecule has 3 atom stereocenters. The van der Waals surface area contributed by atoms with Gasteiger partial charge in [0, 0.05) is 26.2 Å². The second kappa shape index (κ2) is 5.72. The fourth-order valence-corrected chi connectivity index (χ4v) is 5.46. The van der Waals surface area contributed by atoms with Crippen LogP contribution in [0.1, 0.15) is 70.6 Å². The Hall–Kier alpha value is -1.06. The van der Waals surface area contributed by atoms with Crippen LogP contribution in [0, 0.1) is 5.92 Å². The van der Waals surface area contributed by atoms with Crippen molar-refractivity contribution in [3.8, 4) is 5.75 Å². The highest BCUT2D eigenvalue weighted by Crippen LogP contribution is 2.58. The van der Waals surface area contributed by atoms with Gasteiger partial charge in [-0.05, 0) is 74.2 Å². The van der Waals surface area contributed by atoms with Crippen LogP contribution in [0.4, 0.5) is 0 Å². The molecule has 0 spiro atoms. The van der Waals surface area contributed by atoms with Gasteiger partial charge in [-0.25, -0.2) is 0 Å². The van der Waals surface area contributed by atoms with E-state index in [0.29, 0.717) is 30.2 Å². The minimum Gasteiger partial charge on any atom is -0.497 e. The zero-order valence-electron chi connectivity index (χ0n) is 20.8. The van der Waals surface area contributed by atoms with Gasteiger partial charge in [-0.15, -0.1) is 0 Å². The molecular formula is C22H31NO2. The van der Waals surface area contributed by atoms with Crippen molar-refractivity contribution in [1.82, 2.24) is 4.90 Å². The average Bonchev–Trinajstić information content (AvgIpc) is 2.64. The molecule has 3 nitrogen and oxygen atoms in total. The van der Waals surface area contributed by atoms with Gasteiger partial charge in [0.05, 0.1) is 12.7 Å². The lowest BCUT2D eigenvalue weighted by Gasteiger charge is -2.64. The molecule has 4 aliphatic rings. The van der Waals surface area contributed by atoms with E-state index in [9.17, 15) is 5.11 Å². The van der Waals surface area contributed by atoms with E-state index in [0.717, 1.165) is 24.9 Å². The predicted molar refractivity (Wildman–Crippen MR) is 99.1 cm³/mol.